The molecule has 0 aliphatic rings. The average molecular weight is 526 g/mol. The molecule has 4 unspecified atom stereocenters. The molecule has 9 N–H and O–H groups in total. The summed E-state index contributed by atoms with van der Waals surface area (Å²) in [6.07, 6.45) is 0.103. The molecule has 0 fully saturated rings. The molecule has 0 saturated carbocycles. The monoisotopic (exact) mass is 525 g/mol. The van der Waals surface area contributed by atoms with Crippen molar-refractivity contribution in [1.82, 2.24) is 16.0 Å². The average Bonchev–Trinajstić information content (AvgIpc) is 2.80. The normalized spacial score (nSPS) is 14.2. The standard InChI is InChI=1S/C23H35N5O7S/c1-12(2)9-16(26-20(31)15(24)7-8-19(25)30)21(32)28-18(11-36)22(33)27-17(23(34)35)10-13-3-5-14(29)6-4-13/h3-6,12,15-18,29,36H,7-11,24H2,1-2H3,(H2,25,30)(H,26,31)(H,27,33)(H,28,32)(H,34,35). The summed E-state index contributed by atoms with van der Waals surface area (Å²) >= 11 is 4.10. The van der Waals surface area contributed by atoms with E-state index in [2.05, 4.69) is 28.6 Å². The lowest BCUT2D eigenvalue weighted by Crippen LogP contribution is -2.58. The first-order valence-corrected chi connectivity index (χ1v) is 12.0. The Bertz CT molecular complexity index is 926. The maximum atomic E-state index is 12.9. The summed E-state index contributed by atoms with van der Waals surface area (Å²) in [6, 6.07) is 1.30. The quantitative estimate of drug-likeness (QED) is 0.133. The summed E-state index contributed by atoms with van der Waals surface area (Å²) in [5.41, 5.74) is 11.4. The number of carbonyl (C=O) groups excluding carboxylic acids is 4. The Balaban J connectivity index is 2.86. The van der Waals surface area contributed by atoms with E-state index in [0.717, 1.165) is 0 Å². The third-order valence-corrected chi connectivity index (χ3v) is 5.55. The highest BCUT2D eigenvalue weighted by atomic mass is 32.1. The van der Waals surface area contributed by atoms with Crippen LogP contribution in [0.25, 0.3) is 0 Å². The number of carbonyl (C=O) groups is 5. The van der Waals surface area contributed by atoms with Gasteiger partial charge in [0.1, 0.15) is 23.9 Å². The zero-order valence-electron chi connectivity index (χ0n) is 20.3. The lowest BCUT2D eigenvalue weighted by Gasteiger charge is -2.25. The largest absolute Gasteiger partial charge is 0.508 e. The maximum Gasteiger partial charge on any atom is 0.326 e. The first kappa shape index (κ1) is 30.7. The highest BCUT2D eigenvalue weighted by molar-refractivity contribution is 7.80. The Kier molecular flexibility index (Phi) is 12.7. The zero-order chi connectivity index (χ0) is 27.4. The van der Waals surface area contributed by atoms with Gasteiger partial charge in [0.15, 0.2) is 0 Å². The number of phenols is 1. The van der Waals surface area contributed by atoms with Crippen molar-refractivity contribution in [2.75, 3.05) is 5.75 Å². The second-order valence-corrected chi connectivity index (χ2v) is 9.18. The van der Waals surface area contributed by atoms with Crippen molar-refractivity contribution in [2.45, 2.75) is 63.7 Å². The van der Waals surface area contributed by atoms with Crippen LogP contribution < -0.4 is 27.4 Å². The van der Waals surface area contributed by atoms with Gasteiger partial charge in [-0.25, -0.2) is 4.79 Å². The molecule has 0 aromatic heterocycles. The first-order valence-electron chi connectivity index (χ1n) is 11.4. The summed E-state index contributed by atoms with van der Waals surface area (Å²) in [5, 5.41) is 26.3. The van der Waals surface area contributed by atoms with Gasteiger partial charge in [-0.15, -0.1) is 0 Å². The van der Waals surface area contributed by atoms with Gasteiger partial charge in [-0.1, -0.05) is 26.0 Å². The van der Waals surface area contributed by atoms with Crippen LogP contribution in [0.15, 0.2) is 24.3 Å². The molecule has 0 aliphatic heterocycles. The molecule has 36 heavy (non-hydrogen) atoms. The van der Waals surface area contributed by atoms with Crippen LogP contribution in [0.1, 0.15) is 38.7 Å². The van der Waals surface area contributed by atoms with Crippen molar-refractivity contribution < 1.29 is 34.2 Å². The predicted molar refractivity (Wildman–Crippen MR) is 135 cm³/mol. The number of nitrogens with two attached hydrogens (primary N) is 2. The molecule has 0 radical (unpaired) electrons. The molecule has 4 amide bonds. The van der Waals surface area contributed by atoms with Crippen LogP contribution in [-0.4, -0.2) is 69.7 Å². The molecule has 12 nitrogen and oxygen atoms in total. The van der Waals surface area contributed by atoms with Gasteiger partial charge >= 0.3 is 5.97 Å². The van der Waals surface area contributed by atoms with Gasteiger partial charge < -0.3 is 37.6 Å². The Labute approximate surface area is 215 Å². The Morgan fingerprint density at radius 3 is 1.94 bits per heavy atom. The Morgan fingerprint density at radius 1 is 0.917 bits per heavy atom. The third-order valence-electron chi connectivity index (χ3n) is 5.18. The molecule has 1 aromatic carbocycles. The molecule has 0 heterocycles. The van der Waals surface area contributed by atoms with E-state index in [1.54, 1.807) is 0 Å². The van der Waals surface area contributed by atoms with E-state index in [9.17, 15) is 34.2 Å². The van der Waals surface area contributed by atoms with Crippen LogP contribution in [-0.2, 0) is 30.4 Å². The summed E-state index contributed by atoms with van der Waals surface area (Å²) in [4.78, 5) is 60.7. The Hall–Kier alpha value is -3.32. The molecule has 200 valence electrons. The van der Waals surface area contributed by atoms with Crippen molar-refractivity contribution in [2.24, 2.45) is 17.4 Å². The van der Waals surface area contributed by atoms with Crippen molar-refractivity contribution in [1.29, 1.82) is 0 Å². The number of amides is 4. The summed E-state index contributed by atoms with van der Waals surface area (Å²) in [6.45, 7) is 3.67. The van der Waals surface area contributed by atoms with Crippen LogP contribution >= 0.6 is 12.6 Å². The Morgan fingerprint density at radius 2 is 1.44 bits per heavy atom. The number of aliphatic carboxylic acids is 1. The molecule has 13 heteroatoms. The molecular formula is C23H35N5O7S. The topological polar surface area (TPSA) is 214 Å². The SMILES string of the molecule is CC(C)CC(NC(=O)C(N)CCC(N)=O)C(=O)NC(CS)C(=O)NC(Cc1ccc(O)cc1)C(=O)O. The third kappa shape index (κ3) is 11.0. The van der Waals surface area contributed by atoms with Crippen molar-refractivity contribution in [3.05, 3.63) is 29.8 Å². The van der Waals surface area contributed by atoms with E-state index < -0.39 is 53.8 Å². The molecule has 1 rings (SSSR count). The van der Waals surface area contributed by atoms with E-state index >= 15 is 0 Å². The molecule has 0 spiro atoms. The van der Waals surface area contributed by atoms with E-state index in [1.807, 2.05) is 13.8 Å². The molecule has 4 atom stereocenters. The smallest absolute Gasteiger partial charge is 0.326 e. The second kappa shape index (κ2) is 14.9. The number of aromatic hydroxyl groups is 1. The van der Waals surface area contributed by atoms with Crippen molar-refractivity contribution in [3.8, 4) is 5.75 Å². The number of hydrogen-bond donors (Lipinski definition) is 8. The number of hydrogen-bond acceptors (Lipinski definition) is 8. The number of benzene rings is 1. The van der Waals surface area contributed by atoms with Crippen LogP contribution in [0, 0.1) is 5.92 Å². The van der Waals surface area contributed by atoms with Crippen LogP contribution in [0.4, 0.5) is 0 Å². The minimum absolute atomic E-state index is 0.00660. The number of phenolic OH excluding ortho intramolecular Hbond substituents is 1. The number of primary amides is 1. The van der Waals surface area contributed by atoms with Gasteiger partial charge in [0, 0.05) is 18.6 Å². The number of rotatable bonds is 15. The fourth-order valence-electron chi connectivity index (χ4n) is 3.22. The molecular weight excluding hydrogens is 490 g/mol. The molecule has 0 bridgehead atoms. The number of carboxylic acid groups (broad SMARTS) is 1. The van der Waals surface area contributed by atoms with Gasteiger partial charge in [0.25, 0.3) is 0 Å². The van der Waals surface area contributed by atoms with Crippen LogP contribution in [0.2, 0.25) is 0 Å². The van der Waals surface area contributed by atoms with Crippen LogP contribution in [0.5, 0.6) is 5.75 Å². The van der Waals surface area contributed by atoms with Gasteiger partial charge in [-0.05, 0) is 36.5 Å². The number of thiol groups is 1. The number of nitrogens with one attached hydrogen (secondary N) is 3. The van der Waals surface area contributed by atoms with Gasteiger partial charge in [-0.3, -0.25) is 19.2 Å². The van der Waals surface area contributed by atoms with Crippen LogP contribution in [0.3, 0.4) is 0 Å². The fraction of sp³-hybridized carbons (Fsp3) is 0.522. The van der Waals surface area contributed by atoms with E-state index in [4.69, 9.17) is 11.5 Å². The molecule has 1 aromatic rings. The highest BCUT2D eigenvalue weighted by Gasteiger charge is 2.30. The fourth-order valence-corrected chi connectivity index (χ4v) is 3.47. The zero-order valence-corrected chi connectivity index (χ0v) is 21.2. The summed E-state index contributed by atoms with van der Waals surface area (Å²) < 4.78 is 0. The van der Waals surface area contributed by atoms with E-state index in [0.29, 0.717) is 5.56 Å². The summed E-state index contributed by atoms with van der Waals surface area (Å²) in [5.74, 6) is -4.10. The lowest BCUT2D eigenvalue weighted by atomic mass is 10.0. The minimum Gasteiger partial charge on any atom is -0.508 e. The van der Waals surface area contributed by atoms with E-state index in [-0.39, 0.29) is 43.1 Å². The summed E-state index contributed by atoms with van der Waals surface area (Å²) in [7, 11) is 0. The molecule has 0 saturated heterocycles. The van der Waals surface area contributed by atoms with Crippen molar-refractivity contribution >= 4 is 42.2 Å². The minimum atomic E-state index is -1.30. The highest BCUT2D eigenvalue weighted by Crippen LogP contribution is 2.12. The maximum absolute atomic E-state index is 12.9. The predicted octanol–water partition coefficient (Wildman–Crippen LogP) is -0.958. The number of carboxylic acids is 1. The lowest BCUT2D eigenvalue weighted by molar-refractivity contribution is -0.142. The van der Waals surface area contributed by atoms with Gasteiger partial charge in [0.05, 0.1) is 6.04 Å². The first-order chi connectivity index (χ1) is 16.8. The van der Waals surface area contributed by atoms with Gasteiger partial charge in [0.2, 0.25) is 23.6 Å². The van der Waals surface area contributed by atoms with E-state index in [1.165, 1.54) is 24.3 Å². The molecule has 0 aliphatic carbocycles. The van der Waals surface area contributed by atoms with Gasteiger partial charge in [-0.2, -0.15) is 12.6 Å². The van der Waals surface area contributed by atoms with Crippen molar-refractivity contribution in [3.63, 3.8) is 0 Å². The second-order valence-electron chi connectivity index (χ2n) is 8.82.